The maximum absolute atomic E-state index is 3.85. The van der Waals surface area contributed by atoms with Crippen molar-refractivity contribution in [2.75, 3.05) is 0 Å². The summed E-state index contributed by atoms with van der Waals surface area (Å²) < 4.78 is 0. The molecule has 3 rings (SSSR count). The van der Waals surface area contributed by atoms with E-state index in [1.165, 1.54) is 33.4 Å². The van der Waals surface area contributed by atoms with Crippen molar-refractivity contribution in [3.8, 4) is 0 Å². The monoisotopic (exact) mass is 338 g/mol. The van der Waals surface area contributed by atoms with Crippen LogP contribution in [0, 0.1) is 0 Å². The summed E-state index contributed by atoms with van der Waals surface area (Å²) >= 11 is 0. The van der Waals surface area contributed by atoms with E-state index in [2.05, 4.69) is 86.0 Å². The molecule has 0 atom stereocenters. The van der Waals surface area contributed by atoms with Crippen LogP contribution in [0.5, 0.6) is 0 Å². The summed E-state index contributed by atoms with van der Waals surface area (Å²) in [7, 11) is 0. The number of hydrogen-bond acceptors (Lipinski definition) is 0. The van der Waals surface area contributed by atoms with Crippen molar-refractivity contribution in [1.82, 2.24) is 0 Å². The van der Waals surface area contributed by atoms with Gasteiger partial charge in [-0.25, -0.2) is 0 Å². The molecule has 0 fully saturated rings. The van der Waals surface area contributed by atoms with Crippen LogP contribution < -0.4 is 0 Å². The zero-order valence-corrected chi connectivity index (χ0v) is 15.3. The fourth-order valence-electron chi connectivity index (χ4n) is 3.27. The van der Waals surface area contributed by atoms with Crippen molar-refractivity contribution in [1.29, 1.82) is 0 Å². The molecule has 0 heterocycles. The average Bonchev–Trinajstić information content (AvgIpc) is 2.71. The molecular weight excluding hydrogens is 312 g/mol. The number of aryl methyl sites for hydroxylation is 4. The highest BCUT2D eigenvalue weighted by molar-refractivity contribution is 5.48. The van der Waals surface area contributed by atoms with Crippen LogP contribution in [0.15, 0.2) is 86.0 Å². The predicted molar refractivity (Wildman–Crippen MR) is 114 cm³/mol. The molecule has 0 N–H and O–H groups in total. The third-order valence-electron chi connectivity index (χ3n) is 4.77. The zero-order chi connectivity index (χ0) is 18.2. The van der Waals surface area contributed by atoms with Gasteiger partial charge in [-0.2, -0.15) is 0 Å². The lowest BCUT2D eigenvalue weighted by Crippen LogP contribution is -1.95. The van der Waals surface area contributed by atoms with Gasteiger partial charge in [0.1, 0.15) is 0 Å². The van der Waals surface area contributed by atoms with Gasteiger partial charge in [0, 0.05) is 0 Å². The Morgan fingerprint density at radius 3 is 1.23 bits per heavy atom. The average molecular weight is 338 g/mol. The minimum absolute atomic E-state index is 1.06. The molecular formula is C26H26. The van der Waals surface area contributed by atoms with Crippen LogP contribution >= 0.6 is 0 Å². The molecule has 0 aromatic heterocycles. The summed E-state index contributed by atoms with van der Waals surface area (Å²) in [6.45, 7) is 7.71. The standard InChI is InChI=1S/C26H26/c1-3-21-8-5-10-23(18-21)14-16-25-12-7-13-26(20-25)17-15-24-11-6-9-22(4-2)19-24/h3-13,18-20H,1-2,14-17H2. The van der Waals surface area contributed by atoms with Crippen molar-refractivity contribution in [2.45, 2.75) is 25.7 Å². The maximum atomic E-state index is 3.85. The van der Waals surface area contributed by atoms with Crippen LogP contribution in [0.4, 0.5) is 0 Å². The molecule has 3 aromatic carbocycles. The number of hydrogen-bond donors (Lipinski definition) is 0. The first kappa shape index (κ1) is 17.9. The summed E-state index contributed by atoms with van der Waals surface area (Å²) in [6.07, 6.45) is 8.08. The normalized spacial score (nSPS) is 10.5. The molecule has 0 amide bonds. The van der Waals surface area contributed by atoms with Gasteiger partial charge in [0.25, 0.3) is 0 Å². The summed E-state index contributed by atoms with van der Waals surface area (Å²) in [4.78, 5) is 0. The Balaban J connectivity index is 1.60. The number of rotatable bonds is 8. The minimum atomic E-state index is 1.06. The molecule has 130 valence electrons. The summed E-state index contributed by atoms with van der Waals surface area (Å²) in [5.74, 6) is 0. The third kappa shape index (κ3) is 5.07. The molecule has 0 saturated heterocycles. The van der Waals surface area contributed by atoms with Crippen LogP contribution in [0.1, 0.15) is 33.4 Å². The van der Waals surface area contributed by atoms with E-state index in [0.717, 1.165) is 25.7 Å². The SMILES string of the molecule is C=Cc1cccc(CCc2cccc(CCc3cccc(C=C)c3)c2)c1. The molecule has 0 aliphatic rings. The Bertz CT molecular complexity index is 815. The maximum Gasteiger partial charge on any atom is -0.0238 e. The van der Waals surface area contributed by atoms with Crippen molar-refractivity contribution in [3.05, 3.63) is 119 Å². The van der Waals surface area contributed by atoms with Gasteiger partial charge in [0.05, 0.1) is 0 Å². The Morgan fingerprint density at radius 1 is 0.500 bits per heavy atom. The fourth-order valence-corrected chi connectivity index (χ4v) is 3.27. The third-order valence-corrected chi connectivity index (χ3v) is 4.77. The van der Waals surface area contributed by atoms with Gasteiger partial charge < -0.3 is 0 Å². The van der Waals surface area contributed by atoms with E-state index in [4.69, 9.17) is 0 Å². The highest BCUT2D eigenvalue weighted by atomic mass is 14.1. The Hall–Kier alpha value is -2.86. The molecule has 0 radical (unpaired) electrons. The van der Waals surface area contributed by atoms with Crippen molar-refractivity contribution in [2.24, 2.45) is 0 Å². The molecule has 0 bridgehead atoms. The van der Waals surface area contributed by atoms with Crippen LogP contribution in [-0.2, 0) is 25.7 Å². The van der Waals surface area contributed by atoms with Gasteiger partial charge in [-0.3, -0.25) is 0 Å². The van der Waals surface area contributed by atoms with E-state index < -0.39 is 0 Å². The fraction of sp³-hybridized carbons (Fsp3) is 0.154. The van der Waals surface area contributed by atoms with E-state index >= 15 is 0 Å². The lowest BCUT2D eigenvalue weighted by molar-refractivity contribution is 0.930. The largest absolute Gasteiger partial charge is 0.0985 e. The smallest absolute Gasteiger partial charge is 0.0238 e. The number of benzene rings is 3. The summed E-state index contributed by atoms with van der Waals surface area (Å²) in [6, 6.07) is 26.3. The van der Waals surface area contributed by atoms with Crippen molar-refractivity contribution in [3.63, 3.8) is 0 Å². The van der Waals surface area contributed by atoms with Crippen LogP contribution in [-0.4, -0.2) is 0 Å². The van der Waals surface area contributed by atoms with Crippen LogP contribution in [0.2, 0.25) is 0 Å². The van der Waals surface area contributed by atoms with Gasteiger partial charge in [0.2, 0.25) is 0 Å². The summed E-state index contributed by atoms with van der Waals surface area (Å²) in [5, 5.41) is 0. The lowest BCUT2D eigenvalue weighted by atomic mass is 9.98. The topological polar surface area (TPSA) is 0 Å². The van der Waals surface area contributed by atoms with Crippen LogP contribution in [0.25, 0.3) is 12.2 Å². The first-order valence-corrected chi connectivity index (χ1v) is 9.27. The van der Waals surface area contributed by atoms with E-state index in [-0.39, 0.29) is 0 Å². The first-order chi connectivity index (χ1) is 12.8. The molecule has 0 spiro atoms. The quantitative estimate of drug-likeness (QED) is 0.437. The van der Waals surface area contributed by atoms with Gasteiger partial charge in [-0.15, -0.1) is 0 Å². The summed E-state index contributed by atoms with van der Waals surface area (Å²) in [5.41, 5.74) is 7.94. The lowest BCUT2D eigenvalue weighted by Gasteiger charge is -2.07. The molecule has 26 heavy (non-hydrogen) atoms. The second kappa shape index (κ2) is 9.01. The zero-order valence-electron chi connectivity index (χ0n) is 15.3. The van der Waals surface area contributed by atoms with Gasteiger partial charge >= 0.3 is 0 Å². The highest BCUT2D eigenvalue weighted by Gasteiger charge is 2.01. The Kier molecular flexibility index (Phi) is 6.22. The van der Waals surface area contributed by atoms with Gasteiger partial charge in [-0.1, -0.05) is 98.1 Å². The predicted octanol–water partition coefficient (Wildman–Crippen LogP) is 6.54. The van der Waals surface area contributed by atoms with E-state index in [1.54, 1.807) is 0 Å². The molecule has 0 saturated carbocycles. The highest BCUT2D eigenvalue weighted by Crippen LogP contribution is 2.14. The second-order valence-electron chi connectivity index (χ2n) is 6.72. The van der Waals surface area contributed by atoms with E-state index in [9.17, 15) is 0 Å². The molecule has 0 unspecified atom stereocenters. The Labute approximate surface area is 157 Å². The Morgan fingerprint density at radius 2 is 0.846 bits per heavy atom. The first-order valence-electron chi connectivity index (χ1n) is 9.27. The van der Waals surface area contributed by atoms with Crippen molar-refractivity contribution >= 4 is 12.2 Å². The van der Waals surface area contributed by atoms with Crippen LogP contribution in [0.3, 0.4) is 0 Å². The minimum Gasteiger partial charge on any atom is -0.0985 e. The van der Waals surface area contributed by atoms with E-state index in [1.807, 2.05) is 12.2 Å². The van der Waals surface area contributed by atoms with Crippen molar-refractivity contribution < 1.29 is 0 Å². The van der Waals surface area contributed by atoms with Gasteiger partial charge in [-0.05, 0) is 59.1 Å². The second-order valence-corrected chi connectivity index (χ2v) is 6.72. The van der Waals surface area contributed by atoms with Gasteiger partial charge in [0.15, 0.2) is 0 Å². The molecule has 0 aliphatic heterocycles. The molecule has 0 aliphatic carbocycles. The van der Waals surface area contributed by atoms with E-state index in [0.29, 0.717) is 0 Å². The molecule has 0 heteroatoms. The molecule has 3 aromatic rings. The molecule has 0 nitrogen and oxygen atoms in total.